The molecular formula is C25H25N5O4. The predicted molar refractivity (Wildman–Crippen MR) is 130 cm³/mol. The third-order valence-corrected chi connectivity index (χ3v) is 5.86. The number of piperazine rings is 1. The summed E-state index contributed by atoms with van der Waals surface area (Å²) in [6.45, 7) is 2.27. The molecule has 1 saturated heterocycles. The topological polar surface area (TPSA) is 99.9 Å². The fraction of sp³-hybridized carbons (Fsp3) is 0.240. The number of ketones is 1. The monoisotopic (exact) mass is 459 g/mol. The molecule has 3 aromatic rings. The summed E-state index contributed by atoms with van der Waals surface area (Å²) in [5.74, 6) is 0.210. The summed E-state index contributed by atoms with van der Waals surface area (Å²) in [5, 5.41) is 11.5. The number of benzene rings is 2. The van der Waals surface area contributed by atoms with Gasteiger partial charge in [-0.2, -0.15) is 0 Å². The Hall–Kier alpha value is -4.27. The molecule has 2 heterocycles. The van der Waals surface area contributed by atoms with Crippen LogP contribution in [0.25, 0.3) is 0 Å². The molecule has 1 aliphatic heterocycles. The summed E-state index contributed by atoms with van der Waals surface area (Å²) < 4.78 is 0. The second-order valence-electron chi connectivity index (χ2n) is 8.20. The molecule has 0 aliphatic carbocycles. The quantitative estimate of drug-likeness (QED) is 0.317. The Bertz CT molecular complexity index is 1220. The Kier molecular flexibility index (Phi) is 6.53. The van der Waals surface area contributed by atoms with E-state index in [1.807, 2.05) is 18.2 Å². The van der Waals surface area contributed by atoms with Crippen LogP contribution in [0.15, 0.2) is 66.9 Å². The van der Waals surface area contributed by atoms with Gasteiger partial charge in [-0.25, -0.2) is 4.98 Å². The molecule has 0 atom stereocenters. The number of carbonyl (C=O) groups is 2. The minimum absolute atomic E-state index is 0.162. The molecule has 9 nitrogen and oxygen atoms in total. The van der Waals surface area contributed by atoms with Gasteiger partial charge in [-0.1, -0.05) is 24.3 Å². The number of nitro benzene ring substituents is 1. The molecule has 9 heteroatoms. The highest BCUT2D eigenvalue weighted by Gasteiger charge is 2.27. The highest BCUT2D eigenvalue weighted by Crippen LogP contribution is 2.29. The normalized spacial score (nSPS) is 13.5. The fourth-order valence-corrected chi connectivity index (χ4v) is 4.06. The zero-order valence-electron chi connectivity index (χ0n) is 19.0. The van der Waals surface area contributed by atoms with Crippen molar-refractivity contribution in [3.05, 3.63) is 93.7 Å². The van der Waals surface area contributed by atoms with Gasteiger partial charge >= 0.3 is 0 Å². The molecule has 2 aromatic carbocycles. The standard InChI is InChI=1S/C25H25N5O4/c1-27(2)21-11-10-18(17-22(21)30(33)34)24(31)19-7-3-4-8-20(19)25(32)29-15-13-28(14-16-29)23-9-5-6-12-26-23/h3-12,17H,13-16H2,1-2H3. The van der Waals surface area contributed by atoms with E-state index in [-0.39, 0.29) is 28.3 Å². The first-order valence-electron chi connectivity index (χ1n) is 10.9. The Labute approximate surface area is 197 Å². The van der Waals surface area contributed by atoms with Crippen molar-refractivity contribution in [1.82, 2.24) is 9.88 Å². The maximum absolute atomic E-state index is 13.3. The number of nitrogens with zero attached hydrogens (tertiary/aromatic N) is 5. The van der Waals surface area contributed by atoms with Gasteiger partial charge < -0.3 is 14.7 Å². The fourth-order valence-electron chi connectivity index (χ4n) is 4.06. The maximum atomic E-state index is 13.3. The van der Waals surface area contributed by atoms with E-state index >= 15 is 0 Å². The van der Waals surface area contributed by atoms with Crippen LogP contribution in [-0.4, -0.2) is 66.8 Å². The molecule has 34 heavy (non-hydrogen) atoms. The van der Waals surface area contributed by atoms with E-state index in [1.54, 1.807) is 66.5 Å². The number of pyridine rings is 1. The first kappa shape index (κ1) is 22.9. The Morgan fingerprint density at radius 2 is 1.62 bits per heavy atom. The molecular weight excluding hydrogens is 434 g/mol. The van der Waals surface area contributed by atoms with Crippen LogP contribution in [0.5, 0.6) is 0 Å². The van der Waals surface area contributed by atoms with Crippen LogP contribution >= 0.6 is 0 Å². The van der Waals surface area contributed by atoms with Crippen LogP contribution in [0.4, 0.5) is 17.2 Å². The van der Waals surface area contributed by atoms with Crippen molar-refractivity contribution in [2.75, 3.05) is 50.1 Å². The number of aromatic nitrogens is 1. The molecule has 1 aliphatic rings. The van der Waals surface area contributed by atoms with Gasteiger partial charge in [-0.05, 0) is 30.3 Å². The van der Waals surface area contributed by atoms with Gasteiger partial charge in [0.1, 0.15) is 11.5 Å². The average molecular weight is 460 g/mol. The highest BCUT2D eigenvalue weighted by molar-refractivity contribution is 6.15. The van der Waals surface area contributed by atoms with Gasteiger partial charge in [0.15, 0.2) is 5.78 Å². The predicted octanol–water partition coefficient (Wildman–Crippen LogP) is 3.25. The molecule has 0 bridgehead atoms. The smallest absolute Gasteiger partial charge is 0.293 e. The van der Waals surface area contributed by atoms with E-state index in [2.05, 4.69) is 9.88 Å². The van der Waals surface area contributed by atoms with E-state index in [4.69, 9.17) is 0 Å². The summed E-state index contributed by atoms with van der Waals surface area (Å²) in [7, 11) is 3.40. The number of rotatable bonds is 6. The largest absolute Gasteiger partial charge is 0.372 e. The van der Waals surface area contributed by atoms with Crippen LogP contribution in [0.2, 0.25) is 0 Å². The number of nitro groups is 1. The number of hydrogen-bond donors (Lipinski definition) is 0. The zero-order valence-corrected chi connectivity index (χ0v) is 19.0. The summed E-state index contributed by atoms with van der Waals surface area (Å²) >= 11 is 0. The zero-order chi connectivity index (χ0) is 24.2. The van der Waals surface area contributed by atoms with Crippen molar-refractivity contribution in [3.8, 4) is 0 Å². The van der Waals surface area contributed by atoms with Crippen LogP contribution in [-0.2, 0) is 0 Å². The molecule has 174 valence electrons. The van der Waals surface area contributed by atoms with E-state index in [1.165, 1.54) is 6.07 Å². The number of hydrogen-bond acceptors (Lipinski definition) is 7. The lowest BCUT2D eigenvalue weighted by molar-refractivity contribution is -0.384. The van der Waals surface area contributed by atoms with Crippen molar-refractivity contribution in [1.29, 1.82) is 0 Å². The third kappa shape index (κ3) is 4.59. The Morgan fingerprint density at radius 1 is 0.941 bits per heavy atom. The number of carbonyl (C=O) groups excluding carboxylic acids is 2. The van der Waals surface area contributed by atoms with Gasteiger partial charge in [0.05, 0.1) is 10.5 Å². The van der Waals surface area contributed by atoms with Crippen LogP contribution in [0, 0.1) is 10.1 Å². The molecule has 0 N–H and O–H groups in total. The van der Waals surface area contributed by atoms with Crippen molar-refractivity contribution in [2.24, 2.45) is 0 Å². The molecule has 1 aromatic heterocycles. The first-order valence-corrected chi connectivity index (χ1v) is 10.9. The Balaban J connectivity index is 1.56. The highest BCUT2D eigenvalue weighted by atomic mass is 16.6. The van der Waals surface area contributed by atoms with Crippen molar-refractivity contribution in [2.45, 2.75) is 0 Å². The summed E-state index contributed by atoms with van der Waals surface area (Å²) in [4.78, 5) is 47.5. The van der Waals surface area contributed by atoms with Crippen molar-refractivity contribution in [3.63, 3.8) is 0 Å². The van der Waals surface area contributed by atoms with E-state index in [0.717, 1.165) is 5.82 Å². The summed E-state index contributed by atoms with van der Waals surface area (Å²) in [6, 6.07) is 16.7. The summed E-state index contributed by atoms with van der Waals surface area (Å²) in [6.07, 6.45) is 1.74. The number of amides is 1. The van der Waals surface area contributed by atoms with Gasteiger partial charge in [0.2, 0.25) is 0 Å². The van der Waals surface area contributed by atoms with Crippen LogP contribution < -0.4 is 9.80 Å². The lowest BCUT2D eigenvalue weighted by atomic mass is 9.96. The molecule has 4 rings (SSSR count). The maximum Gasteiger partial charge on any atom is 0.293 e. The minimum Gasteiger partial charge on any atom is -0.372 e. The van der Waals surface area contributed by atoms with Crippen molar-refractivity contribution >= 4 is 28.9 Å². The first-order chi connectivity index (χ1) is 16.4. The second kappa shape index (κ2) is 9.70. The van der Waals surface area contributed by atoms with Gasteiger partial charge in [-0.3, -0.25) is 19.7 Å². The average Bonchev–Trinajstić information content (AvgIpc) is 2.88. The molecule has 1 amide bonds. The van der Waals surface area contributed by atoms with Crippen LogP contribution in [0.1, 0.15) is 26.3 Å². The molecule has 0 spiro atoms. The van der Waals surface area contributed by atoms with E-state index in [0.29, 0.717) is 31.9 Å². The Morgan fingerprint density at radius 3 is 2.24 bits per heavy atom. The van der Waals surface area contributed by atoms with Crippen molar-refractivity contribution < 1.29 is 14.5 Å². The summed E-state index contributed by atoms with van der Waals surface area (Å²) in [5.41, 5.74) is 0.921. The number of anilines is 2. The molecule has 0 unspecified atom stereocenters. The second-order valence-corrected chi connectivity index (χ2v) is 8.20. The lowest BCUT2D eigenvalue weighted by Gasteiger charge is -2.35. The van der Waals surface area contributed by atoms with Crippen LogP contribution in [0.3, 0.4) is 0 Å². The minimum atomic E-state index is -0.510. The molecule has 0 radical (unpaired) electrons. The van der Waals surface area contributed by atoms with Gasteiger partial charge in [0, 0.05) is 63.7 Å². The SMILES string of the molecule is CN(C)c1ccc(C(=O)c2ccccc2C(=O)N2CCN(c3ccccn3)CC2)cc1[N+](=O)[O-]. The van der Waals surface area contributed by atoms with Gasteiger partial charge in [0.25, 0.3) is 11.6 Å². The van der Waals surface area contributed by atoms with E-state index < -0.39 is 10.7 Å². The van der Waals surface area contributed by atoms with Gasteiger partial charge in [-0.15, -0.1) is 0 Å². The molecule has 1 fully saturated rings. The lowest BCUT2D eigenvalue weighted by Crippen LogP contribution is -2.49. The van der Waals surface area contributed by atoms with E-state index in [9.17, 15) is 19.7 Å². The third-order valence-electron chi connectivity index (χ3n) is 5.86. The molecule has 0 saturated carbocycles.